The zero-order chi connectivity index (χ0) is 9.68. The molecule has 0 saturated carbocycles. The molecule has 2 amide bonds. The molecule has 1 fully saturated rings. The van der Waals surface area contributed by atoms with Gasteiger partial charge in [-0.1, -0.05) is 18.2 Å². The Morgan fingerprint density at radius 2 is 2.00 bits per heavy atom. The summed E-state index contributed by atoms with van der Waals surface area (Å²) in [4.78, 5) is 13.2. The molecule has 1 saturated heterocycles. The summed E-state index contributed by atoms with van der Waals surface area (Å²) in [6, 6.07) is -0.0264. The summed E-state index contributed by atoms with van der Waals surface area (Å²) in [5, 5.41) is 3.17. The molecule has 1 rings (SSSR count). The summed E-state index contributed by atoms with van der Waals surface area (Å²) in [6.07, 6.45) is 3.44. The highest BCUT2D eigenvalue weighted by molar-refractivity contribution is 6.29. The second kappa shape index (κ2) is 5.12. The predicted molar refractivity (Wildman–Crippen MR) is 53.8 cm³/mol. The Bertz CT molecular complexity index is 200. The Balaban J connectivity index is 2.25. The quantitative estimate of drug-likeness (QED) is 0.729. The van der Waals surface area contributed by atoms with Crippen molar-refractivity contribution >= 4 is 17.6 Å². The zero-order valence-corrected chi connectivity index (χ0v) is 8.44. The molecule has 13 heavy (non-hydrogen) atoms. The highest BCUT2D eigenvalue weighted by Crippen LogP contribution is 2.08. The Hall–Kier alpha value is -0.700. The van der Waals surface area contributed by atoms with Gasteiger partial charge in [0.25, 0.3) is 0 Å². The van der Waals surface area contributed by atoms with Crippen LogP contribution in [0, 0.1) is 0 Å². The number of hydrogen-bond acceptors (Lipinski definition) is 1. The first-order chi connectivity index (χ1) is 6.20. The van der Waals surface area contributed by atoms with Crippen LogP contribution in [0.25, 0.3) is 0 Å². The Morgan fingerprint density at radius 3 is 2.54 bits per heavy atom. The lowest BCUT2D eigenvalue weighted by molar-refractivity contribution is 0.187. The van der Waals surface area contributed by atoms with E-state index in [1.54, 1.807) is 0 Å². The van der Waals surface area contributed by atoms with Crippen LogP contribution in [0.2, 0.25) is 0 Å². The molecule has 1 heterocycles. The van der Waals surface area contributed by atoms with E-state index in [2.05, 4.69) is 11.9 Å². The lowest BCUT2D eigenvalue weighted by Gasteiger charge is -2.26. The molecule has 1 N–H and O–H groups in total. The molecule has 3 nitrogen and oxygen atoms in total. The number of rotatable bonds is 2. The van der Waals surface area contributed by atoms with Gasteiger partial charge in [-0.25, -0.2) is 4.79 Å². The topological polar surface area (TPSA) is 32.3 Å². The van der Waals surface area contributed by atoms with Crippen molar-refractivity contribution < 1.29 is 4.79 Å². The van der Waals surface area contributed by atoms with Crippen molar-refractivity contribution in [3.8, 4) is 0 Å². The largest absolute Gasteiger partial charge is 0.333 e. The summed E-state index contributed by atoms with van der Waals surface area (Å²) >= 11 is 5.53. The summed E-state index contributed by atoms with van der Waals surface area (Å²) in [6.45, 7) is 5.59. The van der Waals surface area contributed by atoms with Gasteiger partial charge in [0, 0.05) is 18.1 Å². The predicted octanol–water partition coefficient (Wildman–Crippen LogP) is 1.93. The highest BCUT2D eigenvalue weighted by atomic mass is 35.5. The monoisotopic (exact) mass is 202 g/mol. The molecular formula is C9H15ClN2O. The van der Waals surface area contributed by atoms with E-state index in [9.17, 15) is 4.79 Å². The third kappa shape index (κ3) is 3.68. The van der Waals surface area contributed by atoms with Gasteiger partial charge >= 0.3 is 6.03 Å². The molecule has 1 aliphatic heterocycles. The van der Waals surface area contributed by atoms with E-state index in [1.807, 2.05) is 4.90 Å². The first-order valence-electron chi connectivity index (χ1n) is 4.56. The molecule has 0 aromatic rings. The summed E-state index contributed by atoms with van der Waals surface area (Å²) in [5.41, 5.74) is 0. The van der Waals surface area contributed by atoms with Crippen molar-refractivity contribution in [2.75, 3.05) is 19.6 Å². The van der Waals surface area contributed by atoms with Gasteiger partial charge in [-0.2, -0.15) is 0 Å². The van der Waals surface area contributed by atoms with Gasteiger partial charge in [0.05, 0.1) is 6.54 Å². The van der Waals surface area contributed by atoms with E-state index in [-0.39, 0.29) is 6.03 Å². The molecule has 0 aromatic carbocycles. The third-order valence-electron chi connectivity index (χ3n) is 2.07. The zero-order valence-electron chi connectivity index (χ0n) is 7.68. The van der Waals surface area contributed by atoms with Gasteiger partial charge in [-0.3, -0.25) is 0 Å². The molecule has 0 bridgehead atoms. The van der Waals surface area contributed by atoms with Gasteiger partial charge in [-0.05, 0) is 19.3 Å². The average molecular weight is 203 g/mol. The summed E-state index contributed by atoms with van der Waals surface area (Å²) in [7, 11) is 0. The summed E-state index contributed by atoms with van der Waals surface area (Å²) < 4.78 is 0. The highest BCUT2D eigenvalue weighted by Gasteiger charge is 2.15. The van der Waals surface area contributed by atoms with Crippen LogP contribution in [0.15, 0.2) is 11.6 Å². The fourth-order valence-electron chi connectivity index (χ4n) is 1.38. The molecule has 0 aliphatic carbocycles. The lowest BCUT2D eigenvalue weighted by Crippen LogP contribution is -2.43. The van der Waals surface area contributed by atoms with Crippen LogP contribution in [-0.2, 0) is 0 Å². The van der Waals surface area contributed by atoms with Crippen LogP contribution in [0.3, 0.4) is 0 Å². The first kappa shape index (κ1) is 10.4. The molecular weight excluding hydrogens is 188 g/mol. The van der Waals surface area contributed by atoms with Crippen LogP contribution < -0.4 is 5.32 Å². The van der Waals surface area contributed by atoms with Crippen molar-refractivity contribution in [2.45, 2.75) is 19.3 Å². The van der Waals surface area contributed by atoms with Gasteiger partial charge in [0.15, 0.2) is 0 Å². The molecule has 0 aromatic heterocycles. The molecule has 0 spiro atoms. The minimum absolute atomic E-state index is 0.0264. The van der Waals surface area contributed by atoms with Gasteiger partial charge in [0.1, 0.15) is 0 Å². The molecule has 0 radical (unpaired) electrons. The number of nitrogens with one attached hydrogen (secondary N) is 1. The van der Waals surface area contributed by atoms with Gasteiger partial charge < -0.3 is 10.2 Å². The number of carbonyl (C=O) groups is 1. The number of hydrogen-bond donors (Lipinski definition) is 1. The van der Waals surface area contributed by atoms with E-state index in [1.165, 1.54) is 6.42 Å². The van der Waals surface area contributed by atoms with Crippen molar-refractivity contribution in [2.24, 2.45) is 0 Å². The summed E-state index contributed by atoms with van der Waals surface area (Å²) in [5.74, 6) is 0. The van der Waals surface area contributed by atoms with Crippen molar-refractivity contribution in [1.29, 1.82) is 0 Å². The van der Waals surface area contributed by atoms with Crippen LogP contribution >= 0.6 is 11.6 Å². The maximum atomic E-state index is 11.4. The minimum atomic E-state index is -0.0264. The van der Waals surface area contributed by atoms with E-state index in [0.717, 1.165) is 25.9 Å². The molecule has 1 aliphatic rings. The molecule has 0 unspecified atom stereocenters. The smallest absolute Gasteiger partial charge is 0.317 e. The Labute approximate surface area is 83.7 Å². The number of nitrogens with zero attached hydrogens (tertiary/aromatic N) is 1. The van der Waals surface area contributed by atoms with Crippen LogP contribution in [0.5, 0.6) is 0 Å². The Morgan fingerprint density at radius 1 is 1.38 bits per heavy atom. The minimum Gasteiger partial charge on any atom is -0.333 e. The van der Waals surface area contributed by atoms with Crippen molar-refractivity contribution in [1.82, 2.24) is 10.2 Å². The number of carbonyl (C=O) groups excluding carboxylic acids is 1. The number of likely N-dealkylation sites (tertiary alicyclic amines) is 1. The van der Waals surface area contributed by atoms with Crippen LogP contribution in [0.1, 0.15) is 19.3 Å². The fraction of sp³-hybridized carbons (Fsp3) is 0.667. The van der Waals surface area contributed by atoms with E-state index in [4.69, 9.17) is 11.6 Å². The normalized spacial score (nSPS) is 16.8. The lowest BCUT2D eigenvalue weighted by atomic mass is 10.1. The van der Waals surface area contributed by atoms with Crippen molar-refractivity contribution in [3.63, 3.8) is 0 Å². The van der Waals surface area contributed by atoms with Crippen LogP contribution in [-0.4, -0.2) is 30.6 Å². The van der Waals surface area contributed by atoms with Crippen LogP contribution in [0.4, 0.5) is 4.79 Å². The number of urea groups is 1. The van der Waals surface area contributed by atoms with Gasteiger partial charge in [0.2, 0.25) is 0 Å². The average Bonchev–Trinajstić information content (AvgIpc) is 2.15. The number of amides is 2. The second-order valence-electron chi connectivity index (χ2n) is 3.22. The maximum absolute atomic E-state index is 11.4. The molecule has 0 atom stereocenters. The number of halogens is 1. The first-order valence-corrected chi connectivity index (χ1v) is 4.94. The standard InChI is InChI=1S/C9H15ClN2O/c1-8(10)7-11-9(13)12-5-3-2-4-6-12/h1-7H2,(H,11,13). The molecule has 4 heteroatoms. The third-order valence-corrected chi connectivity index (χ3v) is 2.21. The van der Waals surface area contributed by atoms with Gasteiger partial charge in [-0.15, -0.1) is 0 Å². The second-order valence-corrected chi connectivity index (χ2v) is 3.76. The van der Waals surface area contributed by atoms with E-state index < -0.39 is 0 Å². The number of piperidine rings is 1. The maximum Gasteiger partial charge on any atom is 0.317 e. The van der Waals surface area contributed by atoms with E-state index >= 15 is 0 Å². The van der Waals surface area contributed by atoms with E-state index in [0.29, 0.717) is 11.6 Å². The fourth-order valence-corrected chi connectivity index (χ4v) is 1.45. The Kier molecular flexibility index (Phi) is 4.09. The SMILES string of the molecule is C=C(Cl)CNC(=O)N1CCCCC1. The van der Waals surface area contributed by atoms with Crippen molar-refractivity contribution in [3.05, 3.63) is 11.6 Å². The molecule has 74 valence electrons.